The van der Waals surface area contributed by atoms with E-state index in [2.05, 4.69) is 27.1 Å². The average Bonchev–Trinajstić information content (AvgIpc) is 3.04. The van der Waals surface area contributed by atoms with Crippen LogP contribution >= 0.6 is 11.3 Å². The van der Waals surface area contributed by atoms with Gasteiger partial charge in [0.1, 0.15) is 6.10 Å². The number of hydrogen-bond donors (Lipinski definition) is 1. The molecule has 3 rings (SSSR count). The summed E-state index contributed by atoms with van der Waals surface area (Å²) in [6.07, 6.45) is 1.78. The fourth-order valence-electron chi connectivity index (χ4n) is 3.26. The molecular formula is C17H28N4O3S. The molecule has 1 amide bonds. The smallest absolute Gasteiger partial charge is 0.234 e. The molecule has 0 saturated carbocycles. The van der Waals surface area contributed by atoms with E-state index in [9.17, 15) is 4.79 Å². The Morgan fingerprint density at radius 1 is 1.44 bits per heavy atom. The Labute approximate surface area is 153 Å². The van der Waals surface area contributed by atoms with Gasteiger partial charge >= 0.3 is 0 Å². The summed E-state index contributed by atoms with van der Waals surface area (Å²) in [5.41, 5.74) is 2.72. The molecule has 2 saturated heterocycles. The number of carbonyl (C=O) groups excluding carboxylic acids is 1. The number of rotatable bonds is 6. The number of nitrogens with zero attached hydrogens (tertiary/aromatic N) is 3. The van der Waals surface area contributed by atoms with Crippen LogP contribution in [0, 0.1) is 0 Å². The van der Waals surface area contributed by atoms with Crippen LogP contribution in [0.2, 0.25) is 0 Å². The van der Waals surface area contributed by atoms with E-state index < -0.39 is 0 Å². The second-order valence-corrected chi connectivity index (χ2v) is 7.52. The lowest BCUT2D eigenvalue weighted by Gasteiger charge is -2.32. The summed E-state index contributed by atoms with van der Waals surface area (Å²) in [5.74, 6) is 0.0821. The molecule has 3 heterocycles. The molecule has 1 aromatic heterocycles. The molecule has 2 fully saturated rings. The normalized spacial score (nSPS) is 26.3. The van der Waals surface area contributed by atoms with Gasteiger partial charge in [-0.05, 0) is 33.0 Å². The summed E-state index contributed by atoms with van der Waals surface area (Å²) in [7, 11) is 2.13. The minimum Gasteiger partial charge on any atom is -0.379 e. The van der Waals surface area contributed by atoms with E-state index in [1.165, 1.54) is 0 Å². The number of nitrogens with one attached hydrogen (secondary N) is 1. The Hall–Kier alpha value is -1.06. The second-order valence-electron chi connectivity index (χ2n) is 6.80. The Kier molecular flexibility index (Phi) is 7.18. The first kappa shape index (κ1) is 18.7. The number of amides is 1. The van der Waals surface area contributed by atoms with Crippen molar-refractivity contribution in [2.45, 2.75) is 31.6 Å². The maximum absolute atomic E-state index is 12.5. The van der Waals surface area contributed by atoms with Crippen LogP contribution in [0.1, 0.15) is 18.5 Å². The van der Waals surface area contributed by atoms with E-state index in [1.807, 2.05) is 5.38 Å². The summed E-state index contributed by atoms with van der Waals surface area (Å²) in [6.45, 7) is 6.15. The summed E-state index contributed by atoms with van der Waals surface area (Å²) in [5, 5.41) is 5.14. The summed E-state index contributed by atoms with van der Waals surface area (Å²) in [4.78, 5) is 21.3. The van der Waals surface area contributed by atoms with Crippen molar-refractivity contribution >= 4 is 17.2 Å². The molecule has 0 bridgehead atoms. The zero-order chi connectivity index (χ0) is 17.5. The van der Waals surface area contributed by atoms with E-state index >= 15 is 0 Å². The van der Waals surface area contributed by atoms with Crippen molar-refractivity contribution in [1.82, 2.24) is 20.1 Å². The van der Waals surface area contributed by atoms with Crippen LogP contribution in [0.4, 0.5) is 0 Å². The van der Waals surface area contributed by atoms with Gasteiger partial charge in [-0.25, -0.2) is 4.98 Å². The largest absolute Gasteiger partial charge is 0.379 e. The lowest BCUT2D eigenvalue weighted by atomic mass is 10.1. The molecule has 2 atom stereocenters. The third-order valence-corrected chi connectivity index (χ3v) is 5.39. The van der Waals surface area contributed by atoms with E-state index in [1.54, 1.807) is 16.8 Å². The molecule has 0 aliphatic carbocycles. The third-order valence-electron chi connectivity index (χ3n) is 4.76. The number of thiazole rings is 1. The summed E-state index contributed by atoms with van der Waals surface area (Å²) >= 11 is 1.56. The molecule has 8 heteroatoms. The van der Waals surface area contributed by atoms with Gasteiger partial charge in [0.05, 0.1) is 37.0 Å². The van der Waals surface area contributed by atoms with Crippen LogP contribution < -0.4 is 5.32 Å². The van der Waals surface area contributed by atoms with Crippen molar-refractivity contribution in [3.8, 4) is 0 Å². The van der Waals surface area contributed by atoms with Gasteiger partial charge in [-0.2, -0.15) is 0 Å². The fraction of sp³-hybridized carbons (Fsp3) is 0.765. The van der Waals surface area contributed by atoms with Crippen LogP contribution in [0.3, 0.4) is 0 Å². The van der Waals surface area contributed by atoms with Crippen molar-refractivity contribution in [2.24, 2.45) is 0 Å². The van der Waals surface area contributed by atoms with Gasteiger partial charge in [-0.3, -0.25) is 9.69 Å². The zero-order valence-electron chi connectivity index (χ0n) is 14.9. The maximum atomic E-state index is 12.5. The topological polar surface area (TPSA) is 66.9 Å². The van der Waals surface area contributed by atoms with Gasteiger partial charge in [0.15, 0.2) is 0 Å². The van der Waals surface area contributed by atoms with Crippen LogP contribution in [0.5, 0.6) is 0 Å². The highest BCUT2D eigenvalue weighted by atomic mass is 32.1. The van der Waals surface area contributed by atoms with E-state index in [0.29, 0.717) is 26.4 Å². The number of ether oxygens (including phenoxy) is 2. The van der Waals surface area contributed by atoms with Gasteiger partial charge in [0, 0.05) is 25.1 Å². The standard InChI is InChI=1S/C17H28N4O3S/c1-20-4-2-5-21(7-6-20)9-17(22)19-15-3-8-23-11-16(15)24-10-14-12-25-13-18-14/h12-13,15-16H,2-11H2,1H3,(H,19,22)/t15-,16-/m1/s1. The number of aromatic nitrogens is 1. The Morgan fingerprint density at radius 3 is 3.20 bits per heavy atom. The fourth-order valence-corrected chi connectivity index (χ4v) is 3.80. The number of hydrogen-bond acceptors (Lipinski definition) is 7. The molecular weight excluding hydrogens is 340 g/mol. The van der Waals surface area contributed by atoms with Crippen molar-refractivity contribution in [3.05, 3.63) is 16.6 Å². The van der Waals surface area contributed by atoms with Crippen LogP contribution in [-0.2, 0) is 20.9 Å². The zero-order valence-corrected chi connectivity index (χ0v) is 15.7. The molecule has 0 spiro atoms. The molecule has 25 heavy (non-hydrogen) atoms. The monoisotopic (exact) mass is 368 g/mol. The minimum atomic E-state index is -0.116. The molecule has 7 nitrogen and oxygen atoms in total. The van der Waals surface area contributed by atoms with E-state index in [0.717, 1.165) is 44.7 Å². The van der Waals surface area contributed by atoms with Gasteiger partial charge in [0.25, 0.3) is 0 Å². The van der Waals surface area contributed by atoms with Crippen LogP contribution in [-0.4, -0.2) is 85.8 Å². The Balaban J connectivity index is 1.46. The summed E-state index contributed by atoms with van der Waals surface area (Å²) < 4.78 is 11.5. The lowest BCUT2D eigenvalue weighted by molar-refractivity contribution is -0.127. The highest BCUT2D eigenvalue weighted by Crippen LogP contribution is 2.14. The molecule has 2 aliphatic heterocycles. The summed E-state index contributed by atoms with van der Waals surface area (Å²) in [6, 6.07) is 0.00883. The van der Waals surface area contributed by atoms with E-state index in [-0.39, 0.29) is 18.1 Å². The SMILES string of the molecule is CN1CCCN(CC(=O)N[C@@H]2CCOC[C@H]2OCc2cscn2)CC1. The lowest BCUT2D eigenvalue weighted by Crippen LogP contribution is -2.52. The van der Waals surface area contributed by atoms with Crippen LogP contribution in [0.25, 0.3) is 0 Å². The van der Waals surface area contributed by atoms with Crippen LogP contribution in [0.15, 0.2) is 10.9 Å². The first-order valence-electron chi connectivity index (χ1n) is 8.97. The number of likely N-dealkylation sites (N-methyl/N-ethyl adjacent to an activating group) is 1. The molecule has 2 aliphatic rings. The highest BCUT2D eigenvalue weighted by Gasteiger charge is 2.28. The van der Waals surface area contributed by atoms with Crippen molar-refractivity contribution in [3.63, 3.8) is 0 Å². The Morgan fingerprint density at radius 2 is 2.36 bits per heavy atom. The predicted molar refractivity (Wildman–Crippen MR) is 96.6 cm³/mol. The first-order valence-corrected chi connectivity index (χ1v) is 9.91. The second kappa shape index (κ2) is 9.59. The first-order chi connectivity index (χ1) is 12.2. The highest BCUT2D eigenvalue weighted by molar-refractivity contribution is 7.07. The van der Waals surface area contributed by atoms with Gasteiger partial charge in [0.2, 0.25) is 5.91 Å². The van der Waals surface area contributed by atoms with Gasteiger partial charge < -0.3 is 19.7 Å². The Bertz CT molecular complexity index is 528. The van der Waals surface area contributed by atoms with Gasteiger partial charge in [-0.1, -0.05) is 0 Å². The molecule has 1 aromatic rings. The number of carbonyl (C=O) groups is 1. The van der Waals surface area contributed by atoms with E-state index in [4.69, 9.17) is 9.47 Å². The molecule has 140 valence electrons. The average molecular weight is 369 g/mol. The van der Waals surface area contributed by atoms with Crippen molar-refractivity contribution in [1.29, 1.82) is 0 Å². The molecule has 1 N–H and O–H groups in total. The maximum Gasteiger partial charge on any atom is 0.234 e. The van der Waals surface area contributed by atoms with Gasteiger partial charge in [-0.15, -0.1) is 11.3 Å². The predicted octanol–water partition coefficient (Wildman–Crippen LogP) is 0.571. The van der Waals surface area contributed by atoms with Crippen molar-refractivity contribution < 1.29 is 14.3 Å². The third kappa shape index (κ3) is 6.00. The molecule has 0 aromatic carbocycles. The quantitative estimate of drug-likeness (QED) is 0.792. The minimum absolute atomic E-state index is 0.00883. The van der Waals surface area contributed by atoms with Crippen molar-refractivity contribution in [2.75, 3.05) is 53.0 Å². The molecule has 0 unspecified atom stereocenters. The molecule has 0 radical (unpaired) electrons.